The van der Waals surface area contributed by atoms with Crippen LogP contribution in [0.15, 0.2) is 52.1 Å². The van der Waals surface area contributed by atoms with E-state index in [1.807, 2.05) is 51.1 Å². The van der Waals surface area contributed by atoms with Gasteiger partial charge in [-0.3, -0.25) is 9.59 Å². The number of aryl methyl sites for hydroxylation is 1. The molecular formula is C27H30BrN7O5. The fourth-order valence-electron chi connectivity index (χ4n) is 4.72. The summed E-state index contributed by atoms with van der Waals surface area (Å²) in [5, 5.41) is 18.2. The Morgan fingerprint density at radius 3 is 2.73 bits per heavy atom. The van der Waals surface area contributed by atoms with E-state index in [0.29, 0.717) is 77.4 Å². The van der Waals surface area contributed by atoms with Crippen molar-refractivity contribution in [2.75, 3.05) is 50.2 Å². The first-order valence-corrected chi connectivity index (χ1v) is 13.7. The van der Waals surface area contributed by atoms with Crippen LogP contribution in [-0.2, 0) is 14.3 Å². The number of morpholine rings is 1. The molecule has 2 aliphatic heterocycles. The zero-order valence-electron chi connectivity index (χ0n) is 22.4. The Labute approximate surface area is 239 Å². The van der Waals surface area contributed by atoms with E-state index in [2.05, 4.69) is 42.1 Å². The molecule has 3 aromatic rings. The van der Waals surface area contributed by atoms with E-state index in [0.717, 1.165) is 5.56 Å². The average Bonchev–Trinajstić information content (AvgIpc) is 3.40. The molecule has 1 fully saturated rings. The van der Waals surface area contributed by atoms with E-state index in [-0.39, 0.29) is 18.4 Å². The molecule has 2 aliphatic rings. The van der Waals surface area contributed by atoms with Gasteiger partial charge in [-0.25, -0.2) is 0 Å². The summed E-state index contributed by atoms with van der Waals surface area (Å²) in [6, 6.07) is 10.5. The highest BCUT2D eigenvalue weighted by Gasteiger charge is 2.35. The number of benzene rings is 2. The molecule has 0 saturated carbocycles. The highest BCUT2D eigenvalue weighted by molar-refractivity contribution is 9.10. The van der Waals surface area contributed by atoms with Gasteiger partial charge in [0.15, 0.2) is 18.1 Å². The van der Waals surface area contributed by atoms with Gasteiger partial charge in [0, 0.05) is 24.5 Å². The number of rotatable bonds is 8. The van der Waals surface area contributed by atoms with Gasteiger partial charge in [0.25, 0.3) is 11.8 Å². The normalized spacial score (nSPS) is 16.7. The number of ether oxygens (including phenoxy) is 3. The van der Waals surface area contributed by atoms with Crippen LogP contribution in [-0.4, -0.2) is 76.4 Å². The third-order valence-corrected chi connectivity index (χ3v) is 7.17. The number of fused-ring (bicyclic) bond motifs is 1. The number of halogens is 1. The van der Waals surface area contributed by atoms with Gasteiger partial charge in [-0.1, -0.05) is 17.2 Å². The van der Waals surface area contributed by atoms with E-state index in [1.54, 1.807) is 15.6 Å². The van der Waals surface area contributed by atoms with Crippen LogP contribution in [0, 0.1) is 6.92 Å². The third kappa shape index (κ3) is 5.80. The van der Waals surface area contributed by atoms with Crippen molar-refractivity contribution in [3.63, 3.8) is 0 Å². The molecule has 1 atom stereocenters. The van der Waals surface area contributed by atoms with E-state index in [1.165, 1.54) is 0 Å². The number of carbonyl (C=O) groups excluding carboxylic acids is 2. The lowest BCUT2D eigenvalue weighted by molar-refractivity contribution is -0.137. The van der Waals surface area contributed by atoms with Crippen molar-refractivity contribution in [1.29, 1.82) is 0 Å². The Bertz CT molecular complexity index is 1450. The lowest BCUT2D eigenvalue weighted by atomic mass is 9.94. The minimum Gasteiger partial charge on any atom is -0.490 e. The number of amides is 2. The van der Waals surface area contributed by atoms with Crippen molar-refractivity contribution in [3.05, 3.63) is 63.3 Å². The number of nitrogens with one attached hydrogen (secondary N) is 2. The predicted molar refractivity (Wildman–Crippen MR) is 150 cm³/mol. The molecule has 3 heterocycles. The number of hydrogen-bond acceptors (Lipinski definition) is 9. The van der Waals surface area contributed by atoms with Gasteiger partial charge in [-0.15, -0.1) is 0 Å². The maximum absolute atomic E-state index is 13.7. The van der Waals surface area contributed by atoms with Crippen molar-refractivity contribution in [1.82, 2.24) is 25.1 Å². The van der Waals surface area contributed by atoms with E-state index < -0.39 is 6.04 Å². The van der Waals surface area contributed by atoms with Crippen molar-refractivity contribution in [2.24, 2.45) is 0 Å². The maximum Gasteiger partial charge on any atom is 0.260 e. The van der Waals surface area contributed by atoms with Gasteiger partial charge < -0.3 is 29.7 Å². The van der Waals surface area contributed by atoms with Crippen molar-refractivity contribution >= 4 is 39.4 Å². The number of allylic oxidation sites excluding steroid dienone is 1. The maximum atomic E-state index is 13.7. The molecule has 12 nitrogen and oxygen atoms in total. The SMILES string of the molecule is CCOc1cc(C2C(C(=O)Nc3cccc(C)c3)=C(C)Nc3nnnn32)cc(Br)c1OCC(=O)N1CCOCC1. The third-order valence-electron chi connectivity index (χ3n) is 6.59. The number of anilines is 2. The Hall–Kier alpha value is -3.97. The number of hydrogen-bond donors (Lipinski definition) is 2. The van der Waals surface area contributed by atoms with Gasteiger partial charge >= 0.3 is 0 Å². The molecule has 0 bridgehead atoms. The van der Waals surface area contributed by atoms with Crippen LogP contribution in [0.25, 0.3) is 0 Å². The Kier molecular flexibility index (Phi) is 8.31. The number of aromatic nitrogens is 4. The largest absolute Gasteiger partial charge is 0.490 e. The number of nitrogens with zero attached hydrogens (tertiary/aromatic N) is 5. The minimum absolute atomic E-state index is 0.132. The van der Waals surface area contributed by atoms with E-state index in [9.17, 15) is 9.59 Å². The molecule has 40 heavy (non-hydrogen) atoms. The highest BCUT2D eigenvalue weighted by Crippen LogP contribution is 2.42. The first kappa shape index (κ1) is 27.6. The van der Waals surface area contributed by atoms with E-state index >= 15 is 0 Å². The van der Waals surface area contributed by atoms with E-state index in [4.69, 9.17) is 14.2 Å². The summed E-state index contributed by atoms with van der Waals surface area (Å²) in [5.74, 6) is 0.787. The van der Waals surface area contributed by atoms with Gasteiger partial charge in [0.2, 0.25) is 5.95 Å². The molecular weight excluding hydrogens is 582 g/mol. The predicted octanol–water partition coefficient (Wildman–Crippen LogP) is 3.31. The fourth-order valence-corrected chi connectivity index (χ4v) is 5.30. The molecule has 1 saturated heterocycles. The topological polar surface area (TPSA) is 133 Å². The summed E-state index contributed by atoms with van der Waals surface area (Å²) in [7, 11) is 0. The second-order valence-electron chi connectivity index (χ2n) is 9.38. The minimum atomic E-state index is -0.671. The summed E-state index contributed by atoms with van der Waals surface area (Å²) < 4.78 is 19.3. The fraction of sp³-hybridized carbons (Fsp3) is 0.370. The lowest BCUT2D eigenvalue weighted by Gasteiger charge is -2.29. The summed E-state index contributed by atoms with van der Waals surface area (Å²) in [6.07, 6.45) is 0. The molecule has 5 rings (SSSR count). The van der Waals surface area contributed by atoms with Crippen LogP contribution in [0.4, 0.5) is 11.6 Å². The van der Waals surface area contributed by atoms with Crippen LogP contribution in [0.1, 0.15) is 31.0 Å². The average molecular weight is 612 g/mol. The summed E-state index contributed by atoms with van der Waals surface area (Å²) in [4.78, 5) is 28.1. The molecule has 2 N–H and O–H groups in total. The van der Waals surface area contributed by atoms with Gasteiger partial charge in [-0.2, -0.15) is 4.68 Å². The van der Waals surface area contributed by atoms with Crippen molar-refractivity contribution in [3.8, 4) is 11.5 Å². The molecule has 1 unspecified atom stereocenters. The highest BCUT2D eigenvalue weighted by atomic mass is 79.9. The molecule has 0 aliphatic carbocycles. The Balaban J connectivity index is 1.48. The standard InChI is InChI=1S/C27H30BrN7O5/c1-4-39-21-14-18(13-20(28)25(21)40-15-22(36)34-8-10-38-11-9-34)24-23(17(3)29-27-31-32-33-35(24)27)26(37)30-19-7-5-6-16(2)12-19/h5-7,12-14,24H,4,8-11,15H2,1-3H3,(H,30,37)(H,29,31,33). The van der Waals surface area contributed by atoms with Crippen LogP contribution in [0.3, 0.4) is 0 Å². The quantitative estimate of drug-likeness (QED) is 0.393. The molecule has 13 heteroatoms. The zero-order valence-corrected chi connectivity index (χ0v) is 24.0. The monoisotopic (exact) mass is 611 g/mol. The number of tetrazole rings is 1. The summed E-state index contributed by atoms with van der Waals surface area (Å²) in [5.41, 5.74) is 3.44. The van der Waals surface area contributed by atoms with Crippen LogP contribution in [0.5, 0.6) is 11.5 Å². The smallest absolute Gasteiger partial charge is 0.260 e. The molecule has 0 spiro atoms. The Morgan fingerprint density at radius 2 is 1.98 bits per heavy atom. The Morgan fingerprint density at radius 1 is 1.18 bits per heavy atom. The lowest BCUT2D eigenvalue weighted by Crippen LogP contribution is -2.43. The van der Waals surface area contributed by atoms with Crippen LogP contribution in [0.2, 0.25) is 0 Å². The molecule has 2 aromatic carbocycles. The molecule has 2 amide bonds. The van der Waals surface area contributed by atoms with Crippen LogP contribution >= 0.6 is 15.9 Å². The molecule has 210 valence electrons. The van der Waals surface area contributed by atoms with Crippen molar-refractivity contribution in [2.45, 2.75) is 26.8 Å². The first-order valence-electron chi connectivity index (χ1n) is 12.9. The zero-order chi connectivity index (χ0) is 28.2. The molecule has 1 aromatic heterocycles. The summed E-state index contributed by atoms with van der Waals surface area (Å²) >= 11 is 3.60. The van der Waals surface area contributed by atoms with Gasteiger partial charge in [0.05, 0.1) is 29.9 Å². The first-order chi connectivity index (χ1) is 19.4. The van der Waals surface area contributed by atoms with Crippen LogP contribution < -0.4 is 20.1 Å². The second kappa shape index (κ2) is 12.0. The molecule has 0 radical (unpaired) electrons. The van der Waals surface area contributed by atoms with Gasteiger partial charge in [0.1, 0.15) is 6.04 Å². The van der Waals surface area contributed by atoms with Gasteiger partial charge in [-0.05, 0) is 82.5 Å². The second-order valence-corrected chi connectivity index (χ2v) is 10.2. The van der Waals surface area contributed by atoms with Crippen molar-refractivity contribution < 1.29 is 23.8 Å². The summed E-state index contributed by atoms with van der Waals surface area (Å²) in [6.45, 7) is 7.93. The number of carbonyl (C=O) groups is 2.